The quantitative estimate of drug-likeness (QED) is 0.249. The molecule has 0 aliphatic rings. The van der Waals surface area contributed by atoms with Crippen LogP contribution in [0.4, 0.5) is 4.79 Å². The van der Waals surface area contributed by atoms with Crippen LogP contribution >= 0.6 is 11.6 Å². The molecule has 0 heterocycles. The first kappa shape index (κ1) is 7.72. The molecule has 6 heteroatoms. The van der Waals surface area contributed by atoms with Crippen molar-refractivity contribution in [1.29, 1.82) is 0 Å². The number of nitrogens with two attached hydrogens (primary N) is 1. The Labute approximate surface area is 55.7 Å². The number of rotatable bonds is 1. The average Bonchev–Trinajstić information content (AvgIpc) is 1.82. The second kappa shape index (κ2) is 3.69. The van der Waals surface area contributed by atoms with E-state index in [4.69, 9.17) is 11.6 Å². The molecule has 0 spiro atoms. The smallest absolute Gasteiger partial charge is 0.349 e. The molecule has 0 aliphatic carbocycles. The van der Waals surface area contributed by atoms with E-state index >= 15 is 0 Å². The molecule has 0 aromatic carbocycles. The molecule has 0 rings (SSSR count). The van der Waals surface area contributed by atoms with Crippen molar-refractivity contribution < 1.29 is 4.79 Å². The Kier molecular flexibility index (Phi) is 3.16. The number of carbonyl (C=O) groups is 1. The molecule has 0 radical (unpaired) electrons. The number of hydrogen-bond acceptors (Lipinski definition) is 3. The molecule has 0 atom stereocenters. The van der Waals surface area contributed by atoms with E-state index in [2.05, 4.69) is 11.0 Å². The van der Waals surface area contributed by atoms with E-state index < -0.39 is 6.03 Å². The SMILES string of the molecule is NC(=O)N(C#CCl)N=O. The van der Waals surface area contributed by atoms with Gasteiger partial charge in [0.1, 0.15) is 0 Å². The van der Waals surface area contributed by atoms with Crippen LogP contribution in [0.25, 0.3) is 0 Å². The van der Waals surface area contributed by atoms with Crippen LogP contribution in [0, 0.1) is 16.3 Å². The molecule has 0 aliphatic heterocycles. The van der Waals surface area contributed by atoms with Gasteiger partial charge in [0.25, 0.3) is 0 Å². The minimum absolute atomic E-state index is 0.188. The predicted molar refractivity (Wildman–Crippen MR) is 30.8 cm³/mol. The fourth-order valence-corrected chi connectivity index (χ4v) is 0.236. The average molecular weight is 148 g/mol. The summed E-state index contributed by atoms with van der Waals surface area (Å²) in [4.78, 5) is 19.6. The molecule has 0 unspecified atom stereocenters. The third-order valence-electron chi connectivity index (χ3n) is 0.439. The molecule has 5 nitrogen and oxygen atoms in total. The van der Waals surface area contributed by atoms with Gasteiger partial charge in [-0.05, 0) is 11.6 Å². The molecule has 2 N–H and O–H groups in total. The number of amides is 2. The molecule has 0 saturated carbocycles. The van der Waals surface area contributed by atoms with Crippen LogP contribution in [0.15, 0.2) is 5.29 Å². The van der Waals surface area contributed by atoms with Crippen LogP contribution in [0.5, 0.6) is 0 Å². The van der Waals surface area contributed by atoms with Gasteiger partial charge in [0, 0.05) is 5.38 Å². The lowest BCUT2D eigenvalue weighted by molar-refractivity contribution is 0.228. The van der Waals surface area contributed by atoms with Crippen LogP contribution in [0.1, 0.15) is 0 Å². The van der Waals surface area contributed by atoms with Crippen LogP contribution in [0.2, 0.25) is 0 Å². The van der Waals surface area contributed by atoms with Crippen LogP contribution < -0.4 is 5.73 Å². The Morgan fingerprint density at radius 1 is 1.78 bits per heavy atom. The van der Waals surface area contributed by atoms with Gasteiger partial charge in [-0.3, -0.25) is 0 Å². The van der Waals surface area contributed by atoms with Crippen molar-refractivity contribution in [2.75, 3.05) is 0 Å². The molecule has 0 aromatic heterocycles. The first-order valence-electron chi connectivity index (χ1n) is 1.76. The minimum atomic E-state index is -1.06. The summed E-state index contributed by atoms with van der Waals surface area (Å²) in [6, 6.07) is 0.770. The fraction of sp³-hybridized carbons (Fsp3) is 0. The maximum absolute atomic E-state index is 10.0. The number of nitroso groups, excluding NO2 is 1. The second-order valence-corrected chi connectivity index (χ2v) is 1.13. The lowest BCUT2D eigenvalue weighted by Gasteiger charge is -1.95. The lowest BCUT2D eigenvalue weighted by atomic mass is 10.9. The van der Waals surface area contributed by atoms with E-state index in [1.54, 1.807) is 5.38 Å². The van der Waals surface area contributed by atoms with Gasteiger partial charge in [-0.25, -0.2) is 4.79 Å². The Morgan fingerprint density at radius 2 is 2.33 bits per heavy atom. The van der Waals surface area contributed by atoms with Gasteiger partial charge in [0.05, 0.1) is 11.3 Å². The first-order valence-corrected chi connectivity index (χ1v) is 2.14. The molecule has 0 fully saturated rings. The number of urea groups is 1. The Balaban J connectivity index is 4.10. The number of nitrogens with zero attached hydrogens (tertiary/aromatic N) is 2. The summed E-state index contributed by atoms with van der Waals surface area (Å²) < 4.78 is 0. The standard InChI is InChI=1S/C3H2ClN3O2/c4-1-2-7(6-9)3(5)8/h(H2,5,8). The molecule has 9 heavy (non-hydrogen) atoms. The van der Waals surface area contributed by atoms with Crippen molar-refractivity contribution in [2.45, 2.75) is 0 Å². The third-order valence-corrected chi connectivity index (χ3v) is 0.523. The zero-order valence-corrected chi connectivity index (χ0v) is 4.92. The van der Waals surface area contributed by atoms with Crippen LogP contribution in [0.3, 0.4) is 0 Å². The first-order chi connectivity index (χ1) is 4.22. The van der Waals surface area contributed by atoms with Crippen molar-refractivity contribution in [3.8, 4) is 11.4 Å². The van der Waals surface area contributed by atoms with E-state index in [0.717, 1.165) is 0 Å². The largest absolute Gasteiger partial charge is 0.350 e. The van der Waals surface area contributed by atoms with E-state index in [1.165, 1.54) is 0 Å². The number of halogens is 1. The Bertz CT molecular complexity index is 181. The van der Waals surface area contributed by atoms with Gasteiger partial charge >= 0.3 is 6.03 Å². The summed E-state index contributed by atoms with van der Waals surface area (Å²) in [7, 11) is 0. The normalized spacial score (nSPS) is 6.78. The van der Waals surface area contributed by atoms with Crippen molar-refractivity contribution in [3.63, 3.8) is 0 Å². The molecule has 48 valence electrons. The van der Waals surface area contributed by atoms with Crippen molar-refractivity contribution in [3.05, 3.63) is 4.91 Å². The fourth-order valence-electron chi connectivity index (χ4n) is 0.156. The van der Waals surface area contributed by atoms with E-state index in [1.807, 2.05) is 6.04 Å². The van der Waals surface area contributed by atoms with Gasteiger partial charge in [0.15, 0.2) is 0 Å². The topological polar surface area (TPSA) is 75.8 Å². The highest BCUT2D eigenvalue weighted by atomic mass is 35.5. The van der Waals surface area contributed by atoms with E-state index in [0.29, 0.717) is 0 Å². The summed E-state index contributed by atoms with van der Waals surface area (Å²) in [5, 5.41) is 4.07. The molecule has 0 saturated heterocycles. The summed E-state index contributed by atoms with van der Waals surface area (Å²) >= 11 is 4.81. The van der Waals surface area contributed by atoms with Crippen molar-refractivity contribution in [2.24, 2.45) is 11.0 Å². The van der Waals surface area contributed by atoms with Gasteiger partial charge in [-0.15, -0.1) is 4.91 Å². The number of carbonyl (C=O) groups excluding carboxylic acids is 1. The number of hydrogen-bond donors (Lipinski definition) is 1. The second-order valence-electron chi connectivity index (χ2n) is 0.938. The Morgan fingerprint density at radius 3 is 2.44 bits per heavy atom. The van der Waals surface area contributed by atoms with Gasteiger partial charge in [-0.2, -0.15) is 0 Å². The maximum Gasteiger partial charge on any atom is 0.350 e. The summed E-state index contributed by atoms with van der Waals surface area (Å²) in [6.45, 7) is 0. The van der Waals surface area contributed by atoms with Crippen molar-refractivity contribution >= 4 is 17.6 Å². The Hall–Kier alpha value is -1.28. The molecule has 0 bridgehead atoms. The third kappa shape index (κ3) is 2.51. The molecular weight excluding hydrogens is 146 g/mol. The number of primary amides is 1. The molecule has 2 amide bonds. The summed E-state index contributed by atoms with van der Waals surface area (Å²) in [5.41, 5.74) is 4.57. The van der Waals surface area contributed by atoms with E-state index in [9.17, 15) is 9.70 Å². The van der Waals surface area contributed by atoms with Gasteiger partial charge < -0.3 is 5.73 Å². The van der Waals surface area contributed by atoms with Gasteiger partial charge in [-0.1, -0.05) is 5.01 Å². The lowest BCUT2D eigenvalue weighted by Crippen LogP contribution is -2.26. The van der Waals surface area contributed by atoms with Crippen LogP contribution in [-0.2, 0) is 0 Å². The molecular formula is C3H2ClN3O2. The minimum Gasteiger partial charge on any atom is -0.349 e. The van der Waals surface area contributed by atoms with E-state index in [-0.39, 0.29) is 5.01 Å². The predicted octanol–water partition coefficient (Wildman–Crippen LogP) is 0.206. The van der Waals surface area contributed by atoms with Gasteiger partial charge in [0.2, 0.25) is 0 Å². The summed E-state index contributed by atoms with van der Waals surface area (Å²) in [5.74, 6) is 0. The highest BCUT2D eigenvalue weighted by molar-refractivity contribution is 6.30. The van der Waals surface area contributed by atoms with Crippen LogP contribution in [-0.4, -0.2) is 11.0 Å². The zero-order chi connectivity index (χ0) is 7.28. The maximum atomic E-state index is 10.0. The van der Waals surface area contributed by atoms with Crippen molar-refractivity contribution in [1.82, 2.24) is 5.01 Å². The summed E-state index contributed by atoms with van der Waals surface area (Å²) in [6.07, 6.45) is 0. The zero-order valence-electron chi connectivity index (χ0n) is 4.17. The highest BCUT2D eigenvalue weighted by Crippen LogP contribution is 1.83. The molecule has 0 aromatic rings. The highest BCUT2D eigenvalue weighted by Gasteiger charge is 2.03. The monoisotopic (exact) mass is 147 g/mol.